The molecule has 0 amide bonds. The maximum Gasteiger partial charge on any atom is 0.418 e. The zero-order valence-corrected chi connectivity index (χ0v) is 11.0. The average Bonchev–Trinajstić information content (AvgIpc) is 2.11. The molecule has 0 radical (unpaired) electrons. The van der Waals surface area contributed by atoms with E-state index in [2.05, 4.69) is 21.1 Å². The van der Waals surface area contributed by atoms with Crippen LogP contribution in [0.4, 0.5) is 26.3 Å². The summed E-state index contributed by atoms with van der Waals surface area (Å²) in [5, 5.41) is 4.62. The van der Waals surface area contributed by atoms with Crippen molar-refractivity contribution in [1.82, 2.24) is 0 Å². The Morgan fingerprint density at radius 3 is 1.79 bits per heavy atom. The monoisotopic (exact) mass is 371 g/mol. The van der Waals surface area contributed by atoms with Gasteiger partial charge in [0.2, 0.25) is 10.0 Å². The molecule has 1 aromatic rings. The molecule has 1 rings (SSSR count). The van der Waals surface area contributed by atoms with E-state index in [0.717, 1.165) is 0 Å². The summed E-state index contributed by atoms with van der Waals surface area (Å²) < 4.78 is 96.1. The fourth-order valence-electron chi connectivity index (χ4n) is 1.29. The Morgan fingerprint density at radius 1 is 1.00 bits per heavy atom. The number of halogens is 7. The lowest BCUT2D eigenvalue weighted by Gasteiger charge is -2.18. The molecule has 19 heavy (non-hydrogen) atoms. The van der Waals surface area contributed by atoms with Crippen molar-refractivity contribution in [2.24, 2.45) is 5.14 Å². The molecular formula is C8H4BrF6NO2S. The van der Waals surface area contributed by atoms with Gasteiger partial charge in [0, 0.05) is 0 Å². The molecule has 0 heterocycles. The van der Waals surface area contributed by atoms with Crippen LogP contribution in [0.15, 0.2) is 21.5 Å². The van der Waals surface area contributed by atoms with Gasteiger partial charge in [-0.3, -0.25) is 0 Å². The first-order chi connectivity index (χ1) is 8.26. The van der Waals surface area contributed by atoms with E-state index in [1.54, 1.807) is 0 Å². The minimum atomic E-state index is -5.40. The fraction of sp³-hybridized carbons (Fsp3) is 0.250. The van der Waals surface area contributed by atoms with Crippen LogP contribution in [0, 0.1) is 0 Å². The highest BCUT2D eigenvalue weighted by Crippen LogP contribution is 2.45. The number of alkyl halides is 6. The fourth-order valence-corrected chi connectivity index (χ4v) is 3.15. The number of hydrogen-bond acceptors (Lipinski definition) is 2. The third-order valence-corrected chi connectivity index (χ3v) is 4.04. The first kappa shape index (κ1) is 16.2. The molecule has 108 valence electrons. The molecule has 0 saturated carbocycles. The predicted molar refractivity (Wildman–Crippen MR) is 55.5 cm³/mol. The minimum Gasteiger partial charge on any atom is -0.225 e. The molecule has 1 aromatic carbocycles. The molecule has 0 unspecified atom stereocenters. The SMILES string of the molecule is NS(=O)(=O)c1ccc(C(F)(F)F)c(C(F)(F)F)c1Br. The zero-order chi connectivity index (χ0) is 15.2. The van der Waals surface area contributed by atoms with Gasteiger partial charge in [-0.25, -0.2) is 13.6 Å². The molecule has 3 nitrogen and oxygen atoms in total. The summed E-state index contributed by atoms with van der Waals surface area (Å²) in [6.45, 7) is 0. The number of hydrogen-bond donors (Lipinski definition) is 1. The third kappa shape index (κ3) is 3.39. The molecule has 0 aliphatic carbocycles. The lowest BCUT2D eigenvalue weighted by molar-refractivity contribution is -0.162. The minimum absolute atomic E-state index is 0.0212. The molecule has 11 heteroatoms. The van der Waals surface area contributed by atoms with Gasteiger partial charge in [-0.2, -0.15) is 26.3 Å². The number of benzene rings is 1. The van der Waals surface area contributed by atoms with Gasteiger partial charge in [0.25, 0.3) is 0 Å². The molecule has 0 saturated heterocycles. The smallest absolute Gasteiger partial charge is 0.225 e. The van der Waals surface area contributed by atoms with Crippen LogP contribution in [0.25, 0.3) is 0 Å². The Morgan fingerprint density at radius 2 is 1.47 bits per heavy atom. The van der Waals surface area contributed by atoms with Crippen molar-refractivity contribution in [3.63, 3.8) is 0 Å². The Hall–Kier alpha value is -0.810. The topological polar surface area (TPSA) is 60.2 Å². The highest BCUT2D eigenvalue weighted by molar-refractivity contribution is 9.10. The van der Waals surface area contributed by atoms with E-state index < -0.39 is 42.9 Å². The first-order valence-electron chi connectivity index (χ1n) is 4.26. The Kier molecular flexibility index (Phi) is 3.96. The lowest BCUT2D eigenvalue weighted by atomic mass is 10.1. The van der Waals surface area contributed by atoms with Gasteiger partial charge in [-0.15, -0.1) is 0 Å². The van der Waals surface area contributed by atoms with Crippen molar-refractivity contribution in [2.45, 2.75) is 17.2 Å². The van der Waals surface area contributed by atoms with Gasteiger partial charge in [-0.05, 0) is 28.1 Å². The first-order valence-corrected chi connectivity index (χ1v) is 6.60. The zero-order valence-electron chi connectivity index (χ0n) is 8.60. The molecule has 0 spiro atoms. The molecule has 0 aromatic heterocycles. The van der Waals surface area contributed by atoms with Crippen molar-refractivity contribution in [3.05, 3.63) is 27.7 Å². The summed E-state index contributed by atoms with van der Waals surface area (Å²) in [5.74, 6) is 0. The molecule has 0 bridgehead atoms. The van der Waals surface area contributed by atoms with E-state index in [1.165, 1.54) is 0 Å². The van der Waals surface area contributed by atoms with Gasteiger partial charge >= 0.3 is 12.4 Å². The molecule has 2 N–H and O–H groups in total. The van der Waals surface area contributed by atoms with E-state index >= 15 is 0 Å². The highest BCUT2D eigenvalue weighted by atomic mass is 79.9. The van der Waals surface area contributed by atoms with E-state index in [0.29, 0.717) is 6.07 Å². The van der Waals surface area contributed by atoms with Crippen molar-refractivity contribution >= 4 is 26.0 Å². The number of nitrogens with two attached hydrogens (primary N) is 1. The number of primary sulfonamides is 1. The summed E-state index contributed by atoms with van der Waals surface area (Å²) >= 11 is 2.22. The second kappa shape index (κ2) is 4.63. The maximum absolute atomic E-state index is 12.6. The summed E-state index contributed by atoms with van der Waals surface area (Å²) in [4.78, 5) is -1.08. The number of rotatable bonds is 1. The van der Waals surface area contributed by atoms with Crippen LogP contribution in [0.1, 0.15) is 11.1 Å². The predicted octanol–water partition coefficient (Wildman–Crippen LogP) is 3.13. The molecular weight excluding hydrogens is 368 g/mol. The standard InChI is InChI=1S/C8H4BrF6NO2S/c9-6-4(19(16,17)18)2-1-3(7(10,11)12)5(6)8(13,14)15/h1-2H,(H2,16,17,18). The molecule has 0 atom stereocenters. The Bertz CT molecular complexity index is 607. The van der Waals surface area contributed by atoms with Crippen molar-refractivity contribution in [2.75, 3.05) is 0 Å². The second-order valence-electron chi connectivity index (χ2n) is 3.34. The van der Waals surface area contributed by atoms with Gasteiger partial charge in [0.1, 0.15) is 0 Å². The molecule has 0 aliphatic rings. The number of sulfonamides is 1. The molecule has 0 fully saturated rings. The summed E-state index contributed by atoms with van der Waals surface area (Å²) in [6, 6.07) is 0.380. The van der Waals surface area contributed by atoms with Gasteiger partial charge in [0.05, 0.1) is 20.5 Å². The van der Waals surface area contributed by atoms with E-state index in [4.69, 9.17) is 0 Å². The summed E-state index contributed by atoms with van der Waals surface area (Å²) in [7, 11) is -4.59. The Labute approximate surface area is 111 Å². The third-order valence-electron chi connectivity index (χ3n) is 2.00. The van der Waals surface area contributed by atoms with Gasteiger partial charge in [-0.1, -0.05) is 0 Å². The van der Waals surface area contributed by atoms with Crippen molar-refractivity contribution < 1.29 is 34.8 Å². The van der Waals surface area contributed by atoms with Crippen molar-refractivity contribution in [1.29, 1.82) is 0 Å². The second-order valence-corrected chi connectivity index (χ2v) is 5.66. The normalized spacial score (nSPS) is 13.7. The van der Waals surface area contributed by atoms with Crippen LogP contribution in [0.5, 0.6) is 0 Å². The van der Waals surface area contributed by atoms with Crippen LogP contribution in [-0.2, 0) is 22.4 Å². The highest BCUT2D eigenvalue weighted by Gasteiger charge is 2.45. The van der Waals surface area contributed by atoms with Crippen LogP contribution >= 0.6 is 15.9 Å². The summed E-state index contributed by atoms with van der Waals surface area (Å²) in [5.41, 5.74) is -4.13. The van der Waals surface area contributed by atoms with Crippen LogP contribution in [-0.4, -0.2) is 8.42 Å². The largest absolute Gasteiger partial charge is 0.418 e. The van der Waals surface area contributed by atoms with Crippen LogP contribution in [0.3, 0.4) is 0 Å². The van der Waals surface area contributed by atoms with E-state index in [9.17, 15) is 34.8 Å². The van der Waals surface area contributed by atoms with E-state index in [-0.39, 0.29) is 6.07 Å². The van der Waals surface area contributed by atoms with Crippen LogP contribution < -0.4 is 5.14 Å². The van der Waals surface area contributed by atoms with E-state index in [1.807, 2.05) is 0 Å². The van der Waals surface area contributed by atoms with Gasteiger partial charge < -0.3 is 0 Å². The molecule has 0 aliphatic heterocycles. The quantitative estimate of drug-likeness (QED) is 0.771. The van der Waals surface area contributed by atoms with Gasteiger partial charge in [0.15, 0.2) is 0 Å². The average molecular weight is 372 g/mol. The van der Waals surface area contributed by atoms with Crippen LogP contribution in [0.2, 0.25) is 0 Å². The van der Waals surface area contributed by atoms with Crippen molar-refractivity contribution in [3.8, 4) is 0 Å². The Balaban J connectivity index is 3.81. The lowest BCUT2D eigenvalue weighted by Crippen LogP contribution is -2.21. The summed E-state index contributed by atoms with van der Waals surface area (Å²) in [6.07, 6.45) is -10.7. The maximum atomic E-state index is 12.6.